The molecule has 0 bridgehead atoms. The van der Waals surface area contributed by atoms with Gasteiger partial charge in [-0.05, 0) is 43.2 Å². The fourth-order valence-corrected chi connectivity index (χ4v) is 16.8. The summed E-state index contributed by atoms with van der Waals surface area (Å²) in [7, 11) is -18.5. The van der Waals surface area contributed by atoms with Gasteiger partial charge in [-0.25, -0.2) is 33.7 Å². The predicted octanol–water partition coefficient (Wildman–Crippen LogP) is 4.09. The number of sulfone groups is 4. The van der Waals surface area contributed by atoms with Crippen molar-refractivity contribution in [3.05, 3.63) is 46.2 Å². The van der Waals surface area contributed by atoms with Gasteiger partial charge in [0.15, 0.2) is 47.5 Å². The van der Waals surface area contributed by atoms with E-state index in [2.05, 4.69) is 33.2 Å². The standard InChI is InChI=1S/C23H38N6O8S4/c1-3-22(18-26-28-24,40(34,35)20-12-7-5-8-13-20)38(30,31)16-11-17-39(32,33)23(4-2,19-27-29-25)41(36,37)21-14-9-6-10-15-21/h3-4,20-21H,1-2,5-19H2. The first kappa shape index (κ1) is 35.1. The van der Waals surface area contributed by atoms with Crippen molar-refractivity contribution in [1.29, 1.82) is 0 Å². The van der Waals surface area contributed by atoms with E-state index in [1.54, 1.807) is 0 Å². The highest BCUT2D eigenvalue weighted by Crippen LogP contribution is 2.39. The van der Waals surface area contributed by atoms with Crippen LogP contribution in [0.15, 0.2) is 35.5 Å². The normalized spacial score (nSPS) is 20.9. The highest BCUT2D eigenvalue weighted by molar-refractivity contribution is 8.11. The fraction of sp³-hybridized carbons (Fsp3) is 0.826. The molecule has 14 nitrogen and oxygen atoms in total. The zero-order chi connectivity index (χ0) is 31.0. The Morgan fingerprint density at radius 3 is 1.22 bits per heavy atom. The molecule has 0 aliphatic heterocycles. The van der Waals surface area contributed by atoms with Crippen molar-refractivity contribution < 1.29 is 33.7 Å². The van der Waals surface area contributed by atoms with Crippen LogP contribution in [0, 0.1) is 0 Å². The molecule has 18 heteroatoms. The Morgan fingerprint density at radius 1 is 0.634 bits per heavy atom. The van der Waals surface area contributed by atoms with E-state index in [4.69, 9.17) is 11.1 Å². The second kappa shape index (κ2) is 13.9. The highest BCUT2D eigenvalue weighted by Gasteiger charge is 2.57. The van der Waals surface area contributed by atoms with Crippen molar-refractivity contribution in [2.24, 2.45) is 10.2 Å². The van der Waals surface area contributed by atoms with Crippen LogP contribution in [-0.4, -0.2) is 76.9 Å². The summed E-state index contributed by atoms with van der Waals surface area (Å²) in [6.45, 7) is 4.92. The van der Waals surface area contributed by atoms with Crippen LogP contribution >= 0.6 is 0 Å². The molecule has 2 unspecified atom stereocenters. The van der Waals surface area contributed by atoms with E-state index in [0.29, 0.717) is 25.7 Å². The molecule has 0 amide bonds. The van der Waals surface area contributed by atoms with Crippen LogP contribution in [0.1, 0.15) is 70.6 Å². The Kier molecular flexibility index (Phi) is 11.9. The summed E-state index contributed by atoms with van der Waals surface area (Å²) in [6, 6.07) is 0. The van der Waals surface area contributed by atoms with Gasteiger partial charge >= 0.3 is 0 Å². The molecule has 0 spiro atoms. The third-order valence-electron chi connectivity index (χ3n) is 8.15. The van der Waals surface area contributed by atoms with Crippen molar-refractivity contribution in [2.45, 2.75) is 89.3 Å². The molecule has 0 heterocycles. The lowest BCUT2D eigenvalue weighted by Gasteiger charge is -2.35. The van der Waals surface area contributed by atoms with Crippen LogP contribution in [0.3, 0.4) is 0 Å². The molecular formula is C23H38N6O8S4. The van der Waals surface area contributed by atoms with Crippen molar-refractivity contribution in [1.82, 2.24) is 0 Å². The lowest BCUT2D eigenvalue weighted by molar-refractivity contribution is 0.475. The number of hydrogen-bond donors (Lipinski definition) is 0. The molecule has 0 aromatic carbocycles. The van der Waals surface area contributed by atoms with Crippen LogP contribution in [0.25, 0.3) is 20.9 Å². The molecular weight excluding hydrogens is 617 g/mol. The third kappa shape index (κ3) is 6.62. The van der Waals surface area contributed by atoms with E-state index >= 15 is 0 Å². The first-order valence-electron chi connectivity index (χ1n) is 13.4. The van der Waals surface area contributed by atoms with E-state index in [1.807, 2.05) is 0 Å². The summed E-state index contributed by atoms with van der Waals surface area (Å²) in [5, 5.41) is 4.50. The van der Waals surface area contributed by atoms with Gasteiger partial charge in [0.1, 0.15) is 0 Å². The Balaban J connectivity index is 2.48. The molecule has 2 saturated carbocycles. The Morgan fingerprint density at radius 2 is 0.951 bits per heavy atom. The molecule has 41 heavy (non-hydrogen) atoms. The van der Waals surface area contributed by atoms with E-state index in [0.717, 1.165) is 25.0 Å². The van der Waals surface area contributed by atoms with Crippen molar-refractivity contribution in [3.8, 4) is 0 Å². The summed E-state index contributed by atoms with van der Waals surface area (Å²) in [5.74, 6) is -1.97. The monoisotopic (exact) mass is 654 g/mol. The molecule has 0 saturated heterocycles. The SMILES string of the molecule is C=CC(CN=[N+]=[N-])(S(=O)(=O)CCCS(=O)(=O)C(C=C)(CN=[N+]=[N-])S(=O)(=O)C1CCCCC1)S(=O)(=O)C1CCCCC1. The van der Waals surface area contributed by atoms with Gasteiger partial charge in [-0.3, -0.25) is 0 Å². The van der Waals surface area contributed by atoms with E-state index < -0.39 is 89.0 Å². The number of nitrogens with zero attached hydrogens (tertiary/aromatic N) is 6. The van der Waals surface area contributed by atoms with Crippen LogP contribution in [-0.2, 0) is 39.3 Å². The minimum Gasteiger partial charge on any atom is -0.227 e. The summed E-state index contributed by atoms with van der Waals surface area (Å²) in [5.41, 5.74) is 17.8. The van der Waals surface area contributed by atoms with Gasteiger partial charge in [-0.15, -0.1) is 13.2 Å². The lowest BCUT2D eigenvalue weighted by Crippen LogP contribution is -2.54. The topological polar surface area (TPSA) is 234 Å². The maximum absolute atomic E-state index is 13.7. The van der Waals surface area contributed by atoms with Crippen LogP contribution in [0.5, 0.6) is 0 Å². The molecule has 2 fully saturated rings. The average molecular weight is 655 g/mol. The van der Waals surface area contributed by atoms with Crippen LogP contribution in [0.4, 0.5) is 0 Å². The van der Waals surface area contributed by atoms with E-state index in [1.165, 1.54) is 0 Å². The lowest BCUT2D eigenvalue weighted by atomic mass is 10.0. The van der Waals surface area contributed by atoms with E-state index in [-0.39, 0.29) is 25.7 Å². The Bertz CT molecular complexity index is 1390. The zero-order valence-electron chi connectivity index (χ0n) is 22.9. The number of hydrogen-bond acceptors (Lipinski definition) is 10. The highest BCUT2D eigenvalue weighted by atomic mass is 32.3. The Hall–Kier alpha value is -2.10. The molecule has 2 aliphatic carbocycles. The third-order valence-corrected chi connectivity index (χ3v) is 20.6. The molecule has 0 aromatic heterocycles. The molecule has 0 aromatic rings. The molecule has 0 N–H and O–H groups in total. The van der Waals surface area contributed by atoms with Crippen LogP contribution < -0.4 is 0 Å². The van der Waals surface area contributed by atoms with Gasteiger partial charge in [-0.1, -0.05) is 60.9 Å². The maximum Gasteiger partial charge on any atom is 0.196 e. The first-order valence-corrected chi connectivity index (χ1v) is 19.8. The van der Waals surface area contributed by atoms with Crippen molar-refractivity contribution in [2.75, 3.05) is 24.6 Å². The quantitative estimate of drug-likeness (QED) is 0.101. The predicted molar refractivity (Wildman–Crippen MR) is 158 cm³/mol. The summed E-state index contributed by atoms with van der Waals surface area (Å²) in [4.78, 5) is 5.08. The van der Waals surface area contributed by atoms with Gasteiger partial charge in [0.05, 0.1) is 35.1 Å². The van der Waals surface area contributed by atoms with Crippen molar-refractivity contribution >= 4 is 39.3 Å². The molecule has 2 atom stereocenters. The van der Waals surface area contributed by atoms with Gasteiger partial charge < -0.3 is 0 Å². The van der Waals surface area contributed by atoms with Crippen molar-refractivity contribution in [3.63, 3.8) is 0 Å². The van der Waals surface area contributed by atoms with Gasteiger partial charge in [0.2, 0.25) is 0 Å². The van der Waals surface area contributed by atoms with Gasteiger partial charge in [0.25, 0.3) is 0 Å². The zero-order valence-corrected chi connectivity index (χ0v) is 26.2. The fourth-order valence-electron chi connectivity index (χ4n) is 5.71. The van der Waals surface area contributed by atoms with Crippen LogP contribution in [0.2, 0.25) is 0 Å². The Labute approximate surface area is 242 Å². The number of azide groups is 2. The summed E-state index contributed by atoms with van der Waals surface area (Å²) < 4.78 is 104. The second-order valence-corrected chi connectivity index (χ2v) is 20.6. The summed E-state index contributed by atoms with van der Waals surface area (Å²) >= 11 is 0. The largest absolute Gasteiger partial charge is 0.227 e. The average Bonchev–Trinajstić information content (AvgIpc) is 2.94. The molecule has 2 aliphatic rings. The minimum atomic E-state index is -4.75. The molecule has 2 rings (SSSR count). The minimum absolute atomic E-state index is 0.221. The second-order valence-electron chi connectivity index (χ2n) is 10.4. The smallest absolute Gasteiger partial charge is 0.196 e. The van der Waals surface area contributed by atoms with Gasteiger partial charge in [-0.2, -0.15) is 0 Å². The van der Waals surface area contributed by atoms with E-state index in [9.17, 15) is 33.7 Å². The molecule has 0 radical (unpaired) electrons. The maximum atomic E-state index is 13.7. The molecule has 232 valence electrons. The summed E-state index contributed by atoms with van der Waals surface area (Å²) in [6.07, 6.45) is 5.51. The number of rotatable bonds is 16. The first-order chi connectivity index (χ1) is 19.2. The van der Waals surface area contributed by atoms with Gasteiger partial charge in [0, 0.05) is 9.82 Å².